The van der Waals surface area contributed by atoms with Crippen molar-refractivity contribution in [2.75, 3.05) is 6.61 Å². The summed E-state index contributed by atoms with van der Waals surface area (Å²) in [4.78, 5) is 13.8. The average molecular weight is 531 g/mol. The number of nitriles is 1. The minimum Gasteiger partial charge on any atom is -0.394 e. The third-order valence-corrected chi connectivity index (χ3v) is 7.38. The lowest BCUT2D eigenvalue weighted by Crippen LogP contribution is -2.49. The van der Waals surface area contributed by atoms with Crippen LogP contribution < -0.4 is 10.6 Å². The van der Waals surface area contributed by atoms with E-state index in [-0.39, 0.29) is 30.0 Å². The zero-order valence-corrected chi connectivity index (χ0v) is 23.2. The number of benzene rings is 2. The first-order valence-electron chi connectivity index (χ1n) is 12.5. The summed E-state index contributed by atoms with van der Waals surface area (Å²) in [6.07, 6.45) is 1.32. The van der Waals surface area contributed by atoms with E-state index in [2.05, 4.69) is 51.3 Å². The van der Waals surface area contributed by atoms with E-state index in [1.165, 1.54) is 0 Å². The minimum atomic E-state index is -1.06. The molecule has 0 bridgehead atoms. The molecule has 1 fully saturated rings. The number of hydrogen-bond donors (Lipinski definition) is 3. The van der Waals surface area contributed by atoms with Gasteiger partial charge in [-0.05, 0) is 59.6 Å². The Morgan fingerprint density at radius 2 is 1.83 bits per heavy atom. The number of amides is 1. The molecule has 0 aromatic heterocycles. The summed E-state index contributed by atoms with van der Waals surface area (Å²) in [5, 5.41) is 28.6. The highest BCUT2D eigenvalue weighted by Crippen LogP contribution is 2.51. The summed E-state index contributed by atoms with van der Waals surface area (Å²) in [7, 11) is 0. The van der Waals surface area contributed by atoms with Crippen LogP contribution in [0, 0.1) is 22.7 Å². The van der Waals surface area contributed by atoms with E-state index in [1.54, 1.807) is 18.2 Å². The third-order valence-electron chi connectivity index (χ3n) is 6.89. The van der Waals surface area contributed by atoms with Crippen molar-refractivity contribution >= 4 is 29.1 Å². The molecule has 5 nitrogen and oxygen atoms in total. The molecule has 1 aliphatic heterocycles. The molecule has 0 saturated carbocycles. The molecule has 2 aromatic rings. The summed E-state index contributed by atoms with van der Waals surface area (Å²) < 4.78 is 0. The number of halogens is 2. The summed E-state index contributed by atoms with van der Waals surface area (Å²) in [5.41, 5.74) is 0.448. The van der Waals surface area contributed by atoms with Crippen LogP contribution in [0.3, 0.4) is 0 Å². The number of aliphatic hydroxyl groups is 1. The Kier molecular flexibility index (Phi) is 9.11. The molecular weight excluding hydrogens is 493 g/mol. The van der Waals surface area contributed by atoms with Gasteiger partial charge in [-0.2, -0.15) is 5.26 Å². The second kappa shape index (κ2) is 11.5. The van der Waals surface area contributed by atoms with Gasteiger partial charge in [-0.15, -0.1) is 0 Å². The second-order valence-electron chi connectivity index (χ2n) is 11.5. The van der Waals surface area contributed by atoms with Crippen LogP contribution >= 0.6 is 23.2 Å². The molecule has 3 rings (SSSR count). The number of aliphatic hydroxyl groups excluding tert-OH is 1. The van der Waals surface area contributed by atoms with Gasteiger partial charge in [0.2, 0.25) is 5.91 Å². The number of rotatable bonds is 8. The average Bonchev–Trinajstić information content (AvgIpc) is 3.12. The first-order valence-corrected chi connectivity index (χ1v) is 13.3. The maximum absolute atomic E-state index is 13.8. The van der Waals surface area contributed by atoms with Gasteiger partial charge in [-0.25, -0.2) is 0 Å². The number of nitrogens with zero attached hydrogens (tertiary/aromatic N) is 1. The maximum atomic E-state index is 13.8. The molecule has 0 aliphatic carbocycles. The third kappa shape index (κ3) is 6.23. The monoisotopic (exact) mass is 529 g/mol. The number of carbonyl (C=O) groups excluding carboxylic acids is 1. The largest absolute Gasteiger partial charge is 0.394 e. The zero-order valence-electron chi connectivity index (χ0n) is 21.7. The lowest BCUT2D eigenvalue weighted by molar-refractivity contribution is -0.124. The highest BCUT2D eigenvalue weighted by molar-refractivity contribution is 6.30. The van der Waals surface area contributed by atoms with Crippen molar-refractivity contribution in [2.24, 2.45) is 11.3 Å². The molecule has 3 N–H and O–H groups in total. The highest BCUT2D eigenvalue weighted by atomic mass is 35.5. The van der Waals surface area contributed by atoms with Crippen molar-refractivity contribution in [1.29, 1.82) is 5.26 Å². The SMILES string of the molecule is CC(C)C[C@H](CO)NC(=O)[C@@H]1N[C@@H](CC(C)(C)C)[C@](C#N)(c2ccc(Cl)cc2)[C@H]1c1cccc(Cl)c1. The Hall–Kier alpha value is -2.10. The van der Waals surface area contributed by atoms with E-state index in [0.29, 0.717) is 28.8 Å². The molecule has 7 heteroatoms. The summed E-state index contributed by atoms with van der Waals surface area (Å²) in [5.74, 6) is -0.443. The van der Waals surface area contributed by atoms with Crippen LogP contribution in [-0.2, 0) is 10.2 Å². The van der Waals surface area contributed by atoms with Gasteiger partial charge >= 0.3 is 0 Å². The van der Waals surface area contributed by atoms with Gasteiger partial charge in [0.15, 0.2) is 0 Å². The predicted molar refractivity (Wildman–Crippen MR) is 146 cm³/mol. The van der Waals surface area contributed by atoms with E-state index >= 15 is 0 Å². The Bertz CT molecular complexity index is 1090. The van der Waals surface area contributed by atoms with E-state index < -0.39 is 17.4 Å². The predicted octanol–water partition coefficient (Wildman–Crippen LogP) is 5.84. The Morgan fingerprint density at radius 1 is 1.17 bits per heavy atom. The lowest BCUT2D eigenvalue weighted by atomic mass is 9.63. The molecule has 5 atom stereocenters. The van der Waals surface area contributed by atoms with Crippen LogP contribution in [0.25, 0.3) is 0 Å². The first kappa shape index (κ1) is 28.5. The summed E-state index contributed by atoms with van der Waals surface area (Å²) in [6.45, 7) is 10.3. The van der Waals surface area contributed by atoms with Crippen molar-refractivity contribution in [2.45, 2.75) is 76.9 Å². The van der Waals surface area contributed by atoms with Crippen LogP contribution in [0.5, 0.6) is 0 Å². The normalized spacial score (nSPS) is 24.9. The van der Waals surface area contributed by atoms with Crippen LogP contribution in [0.4, 0.5) is 0 Å². The van der Waals surface area contributed by atoms with Crippen molar-refractivity contribution < 1.29 is 9.90 Å². The molecular formula is C29H37Cl2N3O2. The van der Waals surface area contributed by atoms with Crippen molar-refractivity contribution in [3.8, 4) is 6.07 Å². The van der Waals surface area contributed by atoms with Crippen molar-refractivity contribution in [3.05, 3.63) is 69.7 Å². The standard InChI is InChI=1S/C29H37Cl2N3O2/c1-18(2)13-23(16-35)33-27(36)26-25(19-7-6-8-22(31)14-19)29(17-32,20-9-11-21(30)12-10-20)24(34-26)15-28(3,4)5/h6-12,14,18,23-26,34-35H,13,15-16H2,1-5H3,(H,33,36)/t23-,24+,25+,26-,29+/m1/s1. The molecule has 1 saturated heterocycles. The zero-order chi connectivity index (χ0) is 26.7. The molecule has 0 spiro atoms. The fourth-order valence-electron chi connectivity index (χ4n) is 5.50. The Labute approximate surface area is 225 Å². The van der Waals surface area contributed by atoms with Crippen molar-refractivity contribution in [1.82, 2.24) is 10.6 Å². The highest BCUT2D eigenvalue weighted by Gasteiger charge is 2.59. The fourth-order valence-corrected chi connectivity index (χ4v) is 5.82. The van der Waals surface area contributed by atoms with Crippen LogP contribution in [-0.4, -0.2) is 35.7 Å². The van der Waals surface area contributed by atoms with E-state index in [1.807, 2.05) is 30.3 Å². The molecule has 1 amide bonds. The number of nitrogens with one attached hydrogen (secondary N) is 2. The van der Waals surface area contributed by atoms with Gasteiger partial charge in [-0.3, -0.25) is 4.79 Å². The van der Waals surface area contributed by atoms with E-state index in [4.69, 9.17) is 23.2 Å². The van der Waals surface area contributed by atoms with Crippen molar-refractivity contribution in [3.63, 3.8) is 0 Å². The topological polar surface area (TPSA) is 85.2 Å². The summed E-state index contributed by atoms with van der Waals surface area (Å²) >= 11 is 12.6. The van der Waals surface area contributed by atoms with Gasteiger partial charge in [0.1, 0.15) is 5.41 Å². The van der Waals surface area contributed by atoms with E-state index in [0.717, 1.165) is 11.1 Å². The number of hydrogen-bond acceptors (Lipinski definition) is 4. The quantitative estimate of drug-likeness (QED) is 0.401. The Balaban J connectivity index is 2.19. The fraction of sp³-hybridized carbons (Fsp3) is 0.517. The van der Waals surface area contributed by atoms with Gasteiger partial charge in [0.25, 0.3) is 0 Å². The van der Waals surface area contributed by atoms with Gasteiger partial charge in [-0.1, -0.05) is 82.1 Å². The van der Waals surface area contributed by atoms with Crippen LogP contribution in [0.1, 0.15) is 64.5 Å². The molecule has 36 heavy (non-hydrogen) atoms. The molecule has 0 unspecified atom stereocenters. The number of carbonyl (C=O) groups is 1. The van der Waals surface area contributed by atoms with E-state index in [9.17, 15) is 15.2 Å². The molecule has 1 heterocycles. The van der Waals surface area contributed by atoms with Crippen LogP contribution in [0.2, 0.25) is 10.0 Å². The smallest absolute Gasteiger partial charge is 0.238 e. The molecule has 1 aliphatic rings. The summed E-state index contributed by atoms with van der Waals surface area (Å²) in [6, 6.07) is 16.0. The molecule has 194 valence electrons. The van der Waals surface area contributed by atoms with Gasteiger partial charge < -0.3 is 15.7 Å². The van der Waals surface area contributed by atoms with Gasteiger partial charge in [0, 0.05) is 22.0 Å². The maximum Gasteiger partial charge on any atom is 0.238 e. The lowest BCUT2D eigenvalue weighted by Gasteiger charge is -2.37. The minimum absolute atomic E-state index is 0.109. The molecule has 0 radical (unpaired) electrons. The van der Waals surface area contributed by atoms with Crippen LogP contribution in [0.15, 0.2) is 48.5 Å². The first-order chi connectivity index (χ1) is 16.9. The molecule has 2 aromatic carbocycles. The second-order valence-corrected chi connectivity index (χ2v) is 12.4. The Morgan fingerprint density at radius 3 is 2.36 bits per heavy atom. The van der Waals surface area contributed by atoms with Gasteiger partial charge in [0.05, 0.1) is 24.8 Å².